The van der Waals surface area contributed by atoms with Crippen LogP contribution in [0.1, 0.15) is 25.5 Å². The Morgan fingerprint density at radius 1 is 1.18 bits per heavy atom. The zero-order valence-electron chi connectivity index (χ0n) is 10.2. The van der Waals surface area contributed by atoms with Crippen molar-refractivity contribution in [3.8, 4) is 0 Å². The van der Waals surface area contributed by atoms with Crippen LogP contribution in [0.4, 0.5) is 0 Å². The minimum Gasteiger partial charge on any atom is -0.387 e. The zero-order chi connectivity index (χ0) is 12.4. The predicted molar refractivity (Wildman–Crippen MR) is 69.5 cm³/mol. The molecule has 2 aromatic rings. The molecular weight excluding hydrogens is 212 g/mol. The highest BCUT2D eigenvalue weighted by molar-refractivity contribution is 5.81. The molecule has 0 saturated carbocycles. The normalized spacial score (nSPS) is 15.1. The summed E-state index contributed by atoms with van der Waals surface area (Å²) in [6.07, 6.45) is 1.06. The fourth-order valence-corrected chi connectivity index (χ4v) is 1.94. The van der Waals surface area contributed by atoms with Gasteiger partial charge >= 0.3 is 0 Å². The molecule has 0 aliphatic rings. The van der Waals surface area contributed by atoms with Gasteiger partial charge in [0.15, 0.2) is 0 Å². The summed E-state index contributed by atoms with van der Waals surface area (Å²) in [6.45, 7) is 4.01. The van der Waals surface area contributed by atoms with Crippen molar-refractivity contribution in [1.29, 1.82) is 0 Å². The number of rotatable bonds is 3. The SMILES string of the molecule is CC(C)C(N)C(O)c1cccc2cccnc12. The lowest BCUT2D eigenvalue weighted by Crippen LogP contribution is -2.33. The van der Waals surface area contributed by atoms with Crippen LogP contribution in [-0.4, -0.2) is 16.1 Å². The Morgan fingerprint density at radius 3 is 2.59 bits per heavy atom. The highest BCUT2D eigenvalue weighted by atomic mass is 16.3. The monoisotopic (exact) mass is 230 g/mol. The summed E-state index contributed by atoms with van der Waals surface area (Å²) in [6, 6.07) is 9.40. The lowest BCUT2D eigenvalue weighted by molar-refractivity contribution is 0.127. The molecule has 0 saturated heterocycles. The Balaban J connectivity index is 2.48. The summed E-state index contributed by atoms with van der Waals surface area (Å²) in [5.41, 5.74) is 7.65. The van der Waals surface area contributed by atoms with Crippen LogP contribution < -0.4 is 5.73 Å². The lowest BCUT2D eigenvalue weighted by Gasteiger charge is -2.23. The number of nitrogens with zero attached hydrogens (tertiary/aromatic N) is 1. The van der Waals surface area contributed by atoms with E-state index in [4.69, 9.17) is 5.73 Å². The molecule has 0 bridgehead atoms. The largest absolute Gasteiger partial charge is 0.387 e. The van der Waals surface area contributed by atoms with Crippen LogP contribution >= 0.6 is 0 Å². The topological polar surface area (TPSA) is 59.1 Å². The summed E-state index contributed by atoms with van der Waals surface area (Å²) in [4.78, 5) is 4.33. The smallest absolute Gasteiger partial charge is 0.0964 e. The quantitative estimate of drug-likeness (QED) is 0.850. The zero-order valence-corrected chi connectivity index (χ0v) is 10.2. The van der Waals surface area contributed by atoms with E-state index < -0.39 is 6.10 Å². The van der Waals surface area contributed by atoms with Gasteiger partial charge in [-0.2, -0.15) is 0 Å². The van der Waals surface area contributed by atoms with Gasteiger partial charge in [-0.05, 0) is 12.0 Å². The van der Waals surface area contributed by atoms with Gasteiger partial charge in [-0.15, -0.1) is 0 Å². The molecule has 0 aliphatic heterocycles. The first-order valence-electron chi connectivity index (χ1n) is 5.88. The molecular formula is C14H18N2O. The van der Waals surface area contributed by atoms with E-state index in [2.05, 4.69) is 4.98 Å². The van der Waals surface area contributed by atoms with E-state index in [-0.39, 0.29) is 12.0 Å². The van der Waals surface area contributed by atoms with E-state index in [0.29, 0.717) is 0 Å². The van der Waals surface area contributed by atoms with Gasteiger partial charge in [0, 0.05) is 23.2 Å². The van der Waals surface area contributed by atoms with Gasteiger partial charge in [-0.25, -0.2) is 0 Å². The molecule has 2 rings (SSSR count). The first-order valence-corrected chi connectivity index (χ1v) is 5.88. The summed E-state index contributed by atoms with van der Waals surface area (Å²) in [7, 11) is 0. The van der Waals surface area contributed by atoms with Gasteiger partial charge in [0.2, 0.25) is 0 Å². The third kappa shape index (κ3) is 2.30. The van der Waals surface area contributed by atoms with Crippen molar-refractivity contribution in [2.24, 2.45) is 11.7 Å². The standard InChI is InChI=1S/C14H18N2O/c1-9(2)12(15)14(17)11-7-3-5-10-6-4-8-16-13(10)11/h3-9,12,14,17H,15H2,1-2H3. The molecule has 2 unspecified atom stereocenters. The molecule has 1 aromatic heterocycles. The van der Waals surface area contributed by atoms with Gasteiger partial charge in [0.1, 0.15) is 0 Å². The molecule has 0 radical (unpaired) electrons. The van der Waals surface area contributed by atoms with Crippen molar-refractivity contribution >= 4 is 10.9 Å². The van der Waals surface area contributed by atoms with E-state index in [9.17, 15) is 5.11 Å². The van der Waals surface area contributed by atoms with Gasteiger partial charge < -0.3 is 10.8 Å². The van der Waals surface area contributed by atoms with Crippen molar-refractivity contribution in [1.82, 2.24) is 4.98 Å². The maximum atomic E-state index is 10.3. The number of aliphatic hydroxyl groups excluding tert-OH is 1. The van der Waals surface area contributed by atoms with E-state index in [1.54, 1.807) is 6.20 Å². The van der Waals surface area contributed by atoms with Crippen LogP contribution in [0.25, 0.3) is 10.9 Å². The van der Waals surface area contributed by atoms with Crippen LogP contribution in [0, 0.1) is 5.92 Å². The fraction of sp³-hybridized carbons (Fsp3) is 0.357. The molecule has 2 atom stereocenters. The highest BCUT2D eigenvalue weighted by Crippen LogP contribution is 2.26. The van der Waals surface area contributed by atoms with E-state index in [1.807, 2.05) is 44.2 Å². The molecule has 0 fully saturated rings. The van der Waals surface area contributed by atoms with E-state index in [0.717, 1.165) is 16.5 Å². The molecule has 0 aliphatic carbocycles. The number of nitrogens with two attached hydrogens (primary N) is 1. The average molecular weight is 230 g/mol. The van der Waals surface area contributed by atoms with Gasteiger partial charge in [-0.3, -0.25) is 4.98 Å². The second-order valence-electron chi connectivity index (χ2n) is 4.69. The Morgan fingerprint density at radius 2 is 1.88 bits per heavy atom. The van der Waals surface area contributed by atoms with Crippen molar-refractivity contribution < 1.29 is 5.11 Å². The maximum Gasteiger partial charge on any atom is 0.0964 e. The summed E-state index contributed by atoms with van der Waals surface area (Å²) in [5.74, 6) is 0.226. The van der Waals surface area contributed by atoms with Gasteiger partial charge in [0.25, 0.3) is 0 Å². The van der Waals surface area contributed by atoms with Crippen molar-refractivity contribution in [2.45, 2.75) is 26.0 Å². The number of aromatic nitrogens is 1. The first kappa shape index (κ1) is 12.0. The van der Waals surface area contributed by atoms with Crippen LogP contribution in [0.15, 0.2) is 36.5 Å². The molecule has 0 amide bonds. The second kappa shape index (κ2) is 4.82. The number of pyridine rings is 1. The van der Waals surface area contributed by atoms with Crippen LogP contribution in [-0.2, 0) is 0 Å². The average Bonchev–Trinajstić information content (AvgIpc) is 2.36. The summed E-state index contributed by atoms with van der Waals surface area (Å²) < 4.78 is 0. The Bertz CT molecular complexity index is 505. The number of hydrogen-bond donors (Lipinski definition) is 2. The molecule has 1 aromatic carbocycles. The van der Waals surface area contributed by atoms with Crippen molar-refractivity contribution in [3.05, 3.63) is 42.1 Å². The highest BCUT2D eigenvalue weighted by Gasteiger charge is 2.21. The fourth-order valence-electron chi connectivity index (χ4n) is 1.94. The minimum atomic E-state index is -0.673. The molecule has 3 N–H and O–H groups in total. The summed E-state index contributed by atoms with van der Waals surface area (Å²) >= 11 is 0. The number of fused-ring (bicyclic) bond motifs is 1. The lowest BCUT2D eigenvalue weighted by atomic mass is 9.93. The molecule has 90 valence electrons. The van der Waals surface area contributed by atoms with Crippen molar-refractivity contribution in [2.75, 3.05) is 0 Å². The summed E-state index contributed by atoms with van der Waals surface area (Å²) in [5, 5.41) is 11.3. The molecule has 3 heteroatoms. The third-order valence-electron chi connectivity index (χ3n) is 3.12. The second-order valence-corrected chi connectivity index (χ2v) is 4.69. The number of benzene rings is 1. The maximum absolute atomic E-state index is 10.3. The van der Waals surface area contributed by atoms with Gasteiger partial charge in [-0.1, -0.05) is 38.1 Å². The van der Waals surface area contributed by atoms with E-state index in [1.165, 1.54) is 0 Å². The number of para-hydroxylation sites is 1. The molecule has 17 heavy (non-hydrogen) atoms. The van der Waals surface area contributed by atoms with Crippen molar-refractivity contribution in [3.63, 3.8) is 0 Å². The Labute approximate surface area is 101 Å². The van der Waals surface area contributed by atoms with Crippen LogP contribution in [0.2, 0.25) is 0 Å². The molecule has 3 nitrogen and oxygen atoms in total. The Hall–Kier alpha value is -1.45. The number of hydrogen-bond acceptors (Lipinski definition) is 3. The third-order valence-corrected chi connectivity index (χ3v) is 3.12. The minimum absolute atomic E-state index is 0.226. The molecule has 0 spiro atoms. The molecule has 1 heterocycles. The first-order chi connectivity index (χ1) is 8.11. The van der Waals surface area contributed by atoms with Crippen LogP contribution in [0.5, 0.6) is 0 Å². The van der Waals surface area contributed by atoms with E-state index >= 15 is 0 Å². The predicted octanol–water partition coefficient (Wildman–Crippen LogP) is 2.25. The number of aliphatic hydroxyl groups is 1. The van der Waals surface area contributed by atoms with Gasteiger partial charge in [0.05, 0.1) is 11.6 Å². The van der Waals surface area contributed by atoms with Crippen LogP contribution in [0.3, 0.4) is 0 Å². The Kier molecular flexibility index (Phi) is 3.41.